The molecule has 0 aliphatic heterocycles. The van der Waals surface area contributed by atoms with Gasteiger partial charge in [-0.15, -0.1) is 5.26 Å². The van der Waals surface area contributed by atoms with Crippen LogP contribution in [0.1, 0.15) is 11.1 Å². The number of ether oxygens (including phenoxy) is 3. The zero-order valence-electron chi connectivity index (χ0n) is 18.5. The van der Waals surface area contributed by atoms with Crippen molar-refractivity contribution in [1.29, 1.82) is 5.26 Å². The molecule has 0 radical (unpaired) electrons. The summed E-state index contributed by atoms with van der Waals surface area (Å²) < 4.78 is 15.6. The lowest BCUT2D eigenvalue weighted by molar-refractivity contribution is 0.191. The van der Waals surface area contributed by atoms with Gasteiger partial charge < -0.3 is 14.2 Å². The molecule has 172 valence electrons. The number of para-hydroxylation sites is 2. The largest absolute Gasteiger partial charge is 0.429 e. The summed E-state index contributed by atoms with van der Waals surface area (Å²) in [5, 5.41) is 8.60. The van der Waals surface area contributed by atoms with Crippen molar-refractivity contribution < 1.29 is 23.8 Å². The second-order valence-corrected chi connectivity index (χ2v) is 7.38. The summed E-state index contributed by atoms with van der Waals surface area (Å²) in [7, 11) is 0. The van der Waals surface area contributed by atoms with Crippen LogP contribution in [-0.2, 0) is 6.42 Å². The minimum atomic E-state index is -0.891. The van der Waals surface area contributed by atoms with E-state index in [-0.39, 0.29) is 0 Å². The highest BCUT2D eigenvalue weighted by Crippen LogP contribution is 2.22. The maximum Gasteiger partial charge on any atom is 0.429 e. The fraction of sp³-hybridized carbons (Fsp3) is 0.0357. The minimum Gasteiger partial charge on any atom is -0.410 e. The molecule has 4 aromatic carbocycles. The van der Waals surface area contributed by atoms with Gasteiger partial charge in [-0.05, 0) is 66.1 Å². The molecule has 7 nitrogen and oxygen atoms in total. The van der Waals surface area contributed by atoms with Crippen molar-refractivity contribution in [3.05, 3.63) is 120 Å². The smallest absolute Gasteiger partial charge is 0.410 e. The van der Waals surface area contributed by atoms with Crippen LogP contribution in [0.5, 0.6) is 17.2 Å². The third-order valence-electron chi connectivity index (χ3n) is 4.95. The minimum absolute atomic E-state index is 0.299. The Labute approximate surface area is 202 Å². The van der Waals surface area contributed by atoms with Gasteiger partial charge in [0.15, 0.2) is 0 Å². The predicted octanol–water partition coefficient (Wildman–Crippen LogP) is 6.34. The van der Waals surface area contributed by atoms with E-state index in [4.69, 9.17) is 19.5 Å². The fourth-order valence-corrected chi connectivity index (χ4v) is 3.28. The van der Waals surface area contributed by atoms with Crippen molar-refractivity contribution in [3.63, 3.8) is 0 Å². The number of hydrogen-bond donors (Lipinski definition) is 0. The molecule has 0 aliphatic rings. The number of anilines is 1. The first-order chi connectivity index (χ1) is 17.1. The van der Waals surface area contributed by atoms with Gasteiger partial charge in [-0.1, -0.05) is 60.7 Å². The molecule has 35 heavy (non-hydrogen) atoms. The van der Waals surface area contributed by atoms with Gasteiger partial charge in [0.2, 0.25) is 0 Å². The molecule has 0 N–H and O–H groups in total. The summed E-state index contributed by atoms with van der Waals surface area (Å²) in [5.41, 5.74) is 2.26. The van der Waals surface area contributed by atoms with Gasteiger partial charge in [0.05, 0.1) is 5.69 Å². The maximum absolute atomic E-state index is 13.0. The molecule has 0 aromatic heterocycles. The first-order valence-electron chi connectivity index (χ1n) is 10.7. The van der Waals surface area contributed by atoms with Crippen LogP contribution >= 0.6 is 0 Å². The molecule has 0 fully saturated rings. The Morgan fingerprint density at radius 2 is 1.09 bits per heavy atom. The lowest BCUT2D eigenvalue weighted by atomic mass is 10.0. The number of nitrogens with zero attached hydrogens (tertiary/aromatic N) is 2. The molecule has 0 heterocycles. The van der Waals surface area contributed by atoms with E-state index in [2.05, 4.69) is 0 Å². The third-order valence-corrected chi connectivity index (χ3v) is 4.95. The zero-order valence-corrected chi connectivity index (χ0v) is 18.5. The van der Waals surface area contributed by atoms with Crippen molar-refractivity contribution in [2.45, 2.75) is 6.42 Å². The monoisotopic (exact) mass is 464 g/mol. The number of carbonyl (C=O) groups excluding carboxylic acids is 2. The molecule has 0 unspecified atom stereocenters. The molecule has 0 spiro atoms. The first-order valence-corrected chi connectivity index (χ1v) is 10.7. The van der Waals surface area contributed by atoms with Gasteiger partial charge >= 0.3 is 12.2 Å². The van der Waals surface area contributed by atoms with Crippen molar-refractivity contribution in [2.24, 2.45) is 0 Å². The lowest BCUT2D eigenvalue weighted by Crippen LogP contribution is -2.41. The number of nitriles is 1. The highest BCUT2D eigenvalue weighted by molar-refractivity contribution is 6.10. The molecular weight excluding hydrogens is 444 g/mol. The van der Waals surface area contributed by atoms with Crippen molar-refractivity contribution in [3.8, 4) is 23.5 Å². The van der Waals surface area contributed by atoms with E-state index < -0.39 is 12.2 Å². The van der Waals surface area contributed by atoms with Gasteiger partial charge in [0, 0.05) is 0 Å². The van der Waals surface area contributed by atoms with Gasteiger partial charge in [-0.25, -0.2) is 9.59 Å². The SMILES string of the molecule is N#COc1ccc(Cc2ccc(N(C(=O)Oc3ccccc3)C(=O)Oc3ccccc3)cc2)cc1. The summed E-state index contributed by atoms with van der Waals surface area (Å²) in [5.74, 6) is 1.07. The Kier molecular flexibility index (Phi) is 7.36. The van der Waals surface area contributed by atoms with Crippen molar-refractivity contribution >= 4 is 17.9 Å². The summed E-state index contributed by atoms with van der Waals surface area (Å²) in [6.07, 6.45) is 0.464. The first kappa shape index (κ1) is 23.1. The number of amides is 2. The van der Waals surface area contributed by atoms with Gasteiger partial charge in [0.25, 0.3) is 6.26 Å². The highest BCUT2D eigenvalue weighted by atomic mass is 16.6. The fourth-order valence-electron chi connectivity index (χ4n) is 3.28. The second-order valence-electron chi connectivity index (χ2n) is 7.38. The van der Waals surface area contributed by atoms with Crippen molar-refractivity contribution in [2.75, 3.05) is 4.90 Å². The molecule has 2 amide bonds. The highest BCUT2D eigenvalue weighted by Gasteiger charge is 2.28. The van der Waals surface area contributed by atoms with Crippen LogP contribution in [0.25, 0.3) is 0 Å². The summed E-state index contributed by atoms with van der Waals surface area (Å²) >= 11 is 0. The van der Waals surface area contributed by atoms with Gasteiger partial charge in [-0.2, -0.15) is 4.90 Å². The van der Waals surface area contributed by atoms with Crippen LogP contribution in [-0.4, -0.2) is 12.2 Å². The summed E-state index contributed by atoms with van der Waals surface area (Å²) in [6.45, 7) is 0. The zero-order chi connectivity index (χ0) is 24.5. The van der Waals surface area contributed by atoms with E-state index >= 15 is 0 Å². The van der Waals surface area contributed by atoms with E-state index in [1.165, 1.54) is 0 Å². The Morgan fingerprint density at radius 1 is 0.629 bits per heavy atom. The lowest BCUT2D eigenvalue weighted by Gasteiger charge is -2.20. The second kappa shape index (κ2) is 11.2. The van der Waals surface area contributed by atoms with E-state index in [0.29, 0.717) is 29.4 Å². The number of benzene rings is 4. The molecule has 7 heteroatoms. The Hall–Kier alpha value is -5.09. The van der Waals surface area contributed by atoms with Crippen LogP contribution < -0.4 is 19.1 Å². The Morgan fingerprint density at radius 3 is 1.54 bits per heavy atom. The normalized spacial score (nSPS) is 10.0. The molecule has 0 saturated carbocycles. The van der Waals surface area contributed by atoms with Gasteiger partial charge in [0.1, 0.15) is 17.2 Å². The van der Waals surface area contributed by atoms with Crippen LogP contribution in [0, 0.1) is 11.5 Å². The number of rotatable bonds is 6. The van der Waals surface area contributed by atoms with Crippen LogP contribution in [0.3, 0.4) is 0 Å². The van der Waals surface area contributed by atoms with Crippen LogP contribution in [0.2, 0.25) is 0 Å². The Bertz CT molecular complexity index is 1260. The van der Waals surface area contributed by atoms with E-state index in [1.54, 1.807) is 91.2 Å². The predicted molar refractivity (Wildman–Crippen MR) is 129 cm³/mol. The topological polar surface area (TPSA) is 88.9 Å². The number of carbonyl (C=O) groups is 2. The molecule has 0 atom stereocenters. The van der Waals surface area contributed by atoms with Crippen LogP contribution in [0.15, 0.2) is 109 Å². The number of hydrogen-bond acceptors (Lipinski definition) is 6. The van der Waals surface area contributed by atoms with Gasteiger partial charge in [-0.3, -0.25) is 0 Å². The van der Waals surface area contributed by atoms with Crippen molar-refractivity contribution in [1.82, 2.24) is 0 Å². The van der Waals surface area contributed by atoms with E-state index in [9.17, 15) is 9.59 Å². The third kappa shape index (κ3) is 6.24. The standard InChI is InChI=1S/C28H20N2O5/c29-20-33-24-17-13-22(14-18-24)19-21-11-15-23(16-12-21)30(27(31)34-25-7-3-1-4-8-25)28(32)35-26-9-5-2-6-10-26/h1-18H,19H2. The quantitative estimate of drug-likeness (QED) is 0.309. The molecule has 0 saturated heterocycles. The molecule has 0 bridgehead atoms. The average molecular weight is 464 g/mol. The molecule has 0 aliphatic carbocycles. The van der Waals surface area contributed by atoms with Crippen LogP contribution in [0.4, 0.5) is 15.3 Å². The van der Waals surface area contributed by atoms with E-state index in [1.807, 2.05) is 24.3 Å². The molecular formula is C28H20N2O5. The average Bonchev–Trinajstić information content (AvgIpc) is 2.88. The summed E-state index contributed by atoms with van der Waals surface area (Å²) in [6, 6.07) is 31.1. The Balaban J connectivity index is 1.54. The number of imide groups is 1. The molecule has 4 rings (SSSR count). The maximum atomic E-state index is 13.0. The summed E-state index contributed by atoms with van der Waals surface area (Å²) in [4.78, 5) is 26.8. The van der Waals surface area contributed by atoms with E-state index in [0.717, 1.165) is 16.0 Å². The molecule has 4 aromatic rings.